The molecule has 2 aromatic carbocycles. The molecule has 0 aromatic heterocycles. The Morgan fingerprint density at radius 2 is 1.63 bits per heavy atom. The number of halogens is 1. The average molecular weight is 307 g/mol. The summed E-state index contributed by atoms with van der Waals surface area (Å²) in [7, 11) is 0. The lowest BCUT2D eigenvalue weighted by atomic mass is 10.2. The van der Waals surface area contributed by atoms with Crippen LogP contribution in [0.25, 0.3) is 0 Å². The Bertz CT molecular complexity index is 579. The van der Waals surface area contributed by atoms with Crippen LogP contribution in [-0.4, -0.2) is 15.7 Å². The minimum Gasteiger partial charge on any atom is -0.293 e. The molecule has 0 aliphatic rings. The molecule has 1 nitrogen and oxygen atoms in total. The normalized spacial score (nSPS) is 10.2. The predicted octanol–water partition coefficient (Wildman–Crippen LogP) is 4.63. The average Bonchev–Trinajstić information content (AvgIpc) is 2.46. The van der Waals surface area contributed by atoms with Crippen LogP contribution in [0.3, 0.4) is 0 Å². The van der Waals surface area contributed by atoms with Crippen molar-refractivity contribution in [3.8, 4) is 0 Å². The lowest BCUT2D eigenvalue weighted by Crippen LogP contribution is -2.04. The Kier molecular flexibility index (Phi) is 5.14. The second-order valence-electron chi connectivity index (χ2n) is 3.87. The van der Waals surface area contributed by atoms with Crippen LogP contribution < -0.4 is 0 Å². The molecular weight excluding hydrogens is 296 g/mol. The molecule has 96 valence electrons. The van der Waals surface area contributed by atoms with Crippen LogP contribution in [-0.2, 0) is 0 Å². The van der Waals surface area contributed by atoms with Gasteiger partial charge in [-0.3, -0.25) is 4.79 Å². The van der Waals surface area contributed by atoms with Crippen molar-refractivity contribution < 1.29 is 4.79 Å². The van der Waals surface area contributed by atoms with E-state index < -0.39 is 0 Å². The molecule has 0 aliphatic carbocycles. The van der Waals surface area contributed by atoms with Gasteiger partial charge in [0.05, 0.1) is 9.95 Å². The Hall–Kier alpha value is -1.16. The van der Waals surface area contributed by atoms with Crippen LogP contribution in [0.1, 0.15) is 15.9 Å². The fourth-order valence-corrected chi connectivity index (χ4v) is 2.68. The first kappa shape index (κ1) is 14.3. The van der Waals surface area contributed by atoms with E-state index in [2.05, 4.69) is 0 Å². The first-order valence-electron chi connectivity index (χ1n) is 5.68. The minimum atomic E-state index is 0.0851. The van der Waals surface area contributed by atoms with Crippen LogP contribution in [0.4, 0.5) is 0 Å². The maximum Gasteiger partial charge on any atom is 0.173 e. The summed E-state index contributed by atoms with van der Waals surface area (Å²) in [6.45, 7) is 0. The van der Waals surface area contributed by atoms with Crippen molar-refractivity contribution in [2.75, 3.05) is 5.75 Å². The van der Waals surface area contributed by atoms with Gasteiger partial charge in [-0.15, -0.1) is 11.8 Å². The molecule has 0 saturated carbocycles. The van der Waals surface area contributed by atoms with Gasteiger partial charge in [0.1, 0.15) is 0 Å². The smallest absolute Gasteiger partial charge is 0.173 e. The minimum absolute atomic E-state index is 0.0851. The lowest BCUT2D eigenvalue weighted by Gasteiger charge is -2.04. The quantitative estimate of drug-likeness (QED) is 0.605. The molecule has 2 rings (SSSR count). The van der Waals surface area contributed by atoms with Crippen LogP contribution in [0.2, 0.25) is 5.02 Å². The first-order valence-corrected chi connectivity index (χ1v) is 7.45. The van der Waals surface area contributed by atoms with Crippen molar-refractivity contribution in [1.82, 2.24) is 0 Å². The van der Waals surface area contributed by atoms with E-state index >= 15 is 0 Å². The summed E-state index contributed by atoms with van der Waals surface area (Å²) in [5, 5.41) is 0.678. The lowest BCUT2D eigenvalue weighted by molar-refractivity contribution is 0.102. The topological polar surface area (TPSA) is 17.1 Å². The van der Waals surface area contributed by atoms with Crippen LogP contribution in [0.15, 0.2) is 54.6 Å². The van der Waals surface area contributed by atoms with Gasteiger partial charge in [0.25, 0.3) is 0 Å². The highest BCUT2D eigenvalue weighted by atomic mass is 35.5. The largest absolute Gasteiger partial charge is 0.293 e. The Labute approximate surface area is 127 Å². The molecule has 0 fully saturated rings. The molecule has 0 bridgehead atoms. The molecule has 0 unspecified atom stereocenters. The standard InChI is InChI=1S/C15H11ClOS2/c16-13-8-6-12(7-9-13)15(18)19-10-14(17)11-4-2-1-3-5-11/h1-9H,10H2. The van der Waals surface area contributed by atoms with E-state index in [-0.39, 0.29) is 5.78 Å². The zero-order valence-electron chi connectivity index (χ0n) is 10.0. The molecule has 0 saturated heterocycles. The summed E-state index contributed by atoms with van der Waals surface area (Å²) in [6, 6.07) is 16.6. The third-order valence-corrected chi connectivity index (χ3v) is 4.26. The SMILES string of the molecule is O=C(CSC(=S)c1ccc(Cl)cc1)c1ccccc1. The number of Topliss-reactive ketones (excluding diaryl/α,β-unsaturated/α-hetero) is 1. The van der Waals surface area contributed by atoms with Gasteiger partial charge >= 0.3 is 0 Å². The van der Waals surface area contributed by atoms with Crippen molar-refractivity contribution in [2.24, 2.45) is 0 Å². The first-order chi connectivity index (χ1) is 9.16. The second kappa shape index (κ2) is 6.85. The van der Waals surface area contributed by atoms with Gasteiger partial charge in [-0.05, 0) is 17.7 Å². The van der Waals surface area contributed by atoms with Crippen LogP contribution >= 0.6 is 35.6 Å². The van der Waals surface area contributed by atoms with E-state index in [4.69, 9.17) is 23.8 Å². The van der Waals surface area contributed by atoms with Gasteiger partial charge in [-0.25, -0.2) is 0 Å². The Morgan fingerprint density at radius 1 is 1.00 bits per heavy atom. The molecule has 0 N–H and O–H groups in total. The highest BCUT2D eigenvalue weighted by Gasteiger charge is 2.08. The van der Waals surface area contributed by atoms with Crippen molar-refractivity contribution >= 4 is 45.6 Å². The van der Waals surface area contributed by atoms with E-state index in [0.29, 0.717) is 20.5 Å². The van der Waals surface area contributed by atoms with E-state index in [9.17, 15) is 4.79 Å². The molecule has 2 aromatic rings. The van der Waals surface area contributed by atoms with Gasteiger partial charge in [0, 0.05) is 10.6 Å². The number of thioether (sulfide) groups is 1. The molecule has 0 amide bonds. The highest BCUT2D eigenvalue weighted by Crippen LogP contribution is 2.18. The number of carbonyl (C=O) groups excluding carboxylic acids is 1. The second-order valence-corrected chi connectivity index (χ2v) is 5.96. The number of rotatable bonds is 4. The fraction of sp³-hybridized carbons (Fsp3) is 0.0667. The maximum absolute atomic E-state index is 11.9. The van der Waals surface area contributed by atoms with Gasteiger partial charge in [-0.2, -0.15) is 0 Å². The molecule has 0 radical (unpaired) electrons. The zero-order valence-corrected chi connectivity index (χ0v) is 12.4. The number of thiocarbonyl (C=S) groups is 1. The molecule has 0 aliphatic heterocycles. The molecule has 19 heavy (non-hydrogen) atoms. The summed E-state index contributed by atoms with van der Waals surface area (Å²) in [5.74, 6) is 0.438. The van der Waals surface area contributed by atoms with Crippen molar-refractivity contribution in [3.63, 3.8) is 0 Å². The monoisotopic (exact) mass is 306 g/mol. The number of benzene rings is 2. The van der Waals surface area contributed by atoms with Gasteiger partial charge in [-0.1, -0.05) is 66.3 Å². The van der Waals surface area contributed by atoms with E-state index in [1.807, 2.05) is 42.5 Å². The third-order valence-electron chi connectivity index (χ3n) is 2.51. The van der Waals surface area contributed by atoms with E-state index in [0.717, 1.165) is 5.56 Å². The summed E-state index contributed by atoms with van der Waals surface area (Å²) in [6.07, 6.45) is 0. The van der Waals surface area contributed by atoms with Gasteiger partial charge < -0.3 is 0 Å². The summed E-state index contributed by atoms with van der Waals surface area (Å²) in [5.41, 5.74) is 1.64. The highest BCUT2D eigenvalue weighted by molar-refractivity contribution is 8.24. The zero-order chi connectivity index (χ0) is 13.7. The molecule has 4 heteroatoms. The van der Waals surface area contributed by atoms with Gasteiger partial charge in [0.2, 0.25) is 0 Å². The summed E-state index contributed by atoms with van der Waals surface area (Å²) < 4.78 is 0.709. The fourth-order valence-electron chi connectivity index (χ4n) is 1.51. The molecule has 0 atom stereocenters. The third kappa shape index (κ3) is 4.16. The van der Waals surface area contributed by atoms with Crippen LogP contribution in [0.5, 0.6) is 0 Å². The molecule has 0 spiro atoms. The number of ketones is 1. The maximum atomic E-state index is 11.9. The van der Waals surface area contributed by atoms with Crippen molar-refractivity contribution in [2.45, 2.75) is 0 Å². The number of hydrogen-bond acceptors (Lipinski definition) is 3. The number of carbonyl (C=O) groups is 1. The Morgan fingerprint density at radius 3 is 2.26 bits per heavy atom. The van der Waals surface area contributed by atoms with E-state index in [1.165, 1.54) is 11.8 Å². The van der Waals surface area contributed by atoms with E-state index in [1.54, 1.807) is 12.1 Å². The van der Waals surface area contributed by atoms with Crippen LogP contribution in [0, 0.1) is 0 Å². The Balaban J connectivity index is 1.94. The number of hydrogen-bond donors (Lipinski definition) is 0. The van der Waals surface area contributed by atoms with Crippen molar-refractivity contribution in [1.29, 1.82) is 0 Å². The summed E-state index contributed by atoms with van der Waals surface area (Å²) >= 11 is 12.5. The predicted molar refractivity (Wildman–Crippen MR) is 86.4 cm³/mol. The van der Waals surface area contributed by atoms with Crippen molar-refractivity contribution in [3.05, 3.63) is 70.7 Å². The molecular formula is C15H11ClOS2. The molecule has 0 heterocycles. The van der Waals surface area contributed by atoms with Gasteiger partial charge in [0.15, 0.2) is 5.78 Å². The summed E-state index contributed by atoms with van der Waals surface area (Å²) in [4.78, 5) is 11.9.